The molecule has 0 amide bonds. The summed E-state index contributed by atoms with van der Waals surface area (Å²) in [5.74, 6) is 1.18. The topological polar surface area (TPSA) is 33.1 Å². The van der Waals surface area contributed by atoms with Gasteiger partial charge in [-0.3, -0.25) is 4.90 Å². The van der Waals surface area contributed by atoms with Crippen LogP contribution in [0.15, 0.2) is 53.4 Å². The van der Waals surface area contributed by atoms with Gasteiger partial charge in [0.1, 0.15) is 5.82 Å². The largest absolute Gasteiger partial charge is 0.325 e. The van der Waals surface area contributed by atoms with Crippen molar-refractivity contribution in [2.24, 2.45) is 0 Å². The van der Waals surface area contributed by atoms with Gasteiger partial charge in [-0.15, -0.1) is 11.8 Å². The van der Waals surface area contributed by atoms with Crippen molar-refractivity contribution in [2.75, 3.05) is 25.9 Å². The van der Waals surface area contributed by atoms with E-state index in [1.54, 1.807) is 5.56 Å². The van der Waals surface area contributed by atoms with Crippen LogP contribution in [0.5, 0.6) is 0 Å². The molecule has 3 atom stereocenters. The monoisotopic (exact) mass is 474 g/mol. The molecule has 0 radical (unpaired) electrons. The molecule has 3 saturated heterocycles. The Balaban J connectivity index is 1.19. The highest BCUT2D eigenvalue weighted by atomic mass is 32.2. The van der Waals surface area contributed by atoms with Crippen LogP contribution in [0.3, 0.4) is 0 Å². The van der Waals surface area contributed by atoms with Crippen LogP contribution in [-0.4, -0.2) is 52.4 Å². The summed E-state index contributed by atoms with van der Waals surface area (Å²) in [6.07, 6.45) is 11.3. The van der Waals surface area contributed by atoms with E-state index < -0.39 is 0 Å². The predicted octanol–water partition coefficient (Wildman–Crippen LogP) is 5.95. The van der Waals surface area contributed by atoms with Crippen LogP contribution in [0.25, 0.3) is 11.0 Å². The number of nitrogens with one attached hydrogen (secondary N) is 1. The summed E-state index contributed by atoms with van der Waals surface area (Å²) in [5.41, 5.74) is 4.36. The van der Waals surface area contributed by atoms with Crippen LogP contribution in [0.2, 0.25) is 0 Å². The fourth-order valence-corrected chi connectivity index (χ4v) is 7.73. The molecule has 0 unspecified atom stereocenters. The number of nitrogens with zero attached hydrogens (tertiary/aromatic N) is 3. The standard InChI is InChI=1S/C29H38N4S/c1-21-31-27-5-3-4-6-28(27)33(21)25-19-23-9-10-24(20-25)32(23)18-15-29(13-16-30-17-14-29)22-7-11-26(34-2)12-8-22/h3-8,11-12,23-25,30H,9-10,13-20H2,1-2H3/t23-,24+,25+. The van der Waals surface area contributed by atoms with E-state index in [1.807, 2.05) is 11.8 Å². The zero-order valence-corrected chi connectivity index (χ0v) is 21.5. The van der Waals surface area contributed by atoms with E-state index in [9.17, 15) is 0 Å². The van der Waals surface area contributed by atoms with Crippen molar-refractivity contribution >= 4 is 22.8 Å². The van der Waals surface area contributed by atoms with Gasteiger partial charge in [-0.25, -0.2) is 4.98 Å². The maximum atomic E-state index is 4.87. The molecule has 3 fully saturated rings. The van der Waals surface area contributed by atoms with Gasteiger partial charge >= 0.3 is 0 Å². The average Bonchev–Trinajstić information content (AvgIpc) is 3.34. The number of hydrogen-bond acceptors (Lipinski definition) is 4. The number of thioether (sulfide) groups is 1. The molecular formula is C29H38N4S. The van der Waals surface area contributed by atoms with Crippen LogP contribution in [-0.2, 0) is 5.41 Å². The van der Waals surface area contributed by atoms with E-state index in [2.05, 4.69) is 76.5 Å². The van der Waals surface area contributed by atoms with Crippen LogP contribution in [0.1, 0.15) is 62.4 Å². The number of benzene rings is 2. The van der Waals surface area contributed by atoms with Crippen LogP contribution >= 0.6 is 11.8 Å². The van der Waals surface area contributed by atoms with Crippen molar-refractivity contribution in [2.45, 2.75) is 80.3 Å². The SMILES string of the molecule is CSc1ccc(C2(CCN3[C@@H]4CC[C@H]3C[C@@H](n3c(C)nc5ccccc53)C4)CCNCC2)cc1. The highest BCUT2D eigenvalue weighted by Gasteiger charge is 2.43. The minimum absolute atomic E-state index is 0.329. The molecule has 1 aromatic heterocycles. The number of para-hydroxylation sites is 2. The van der Waals surface area contributed by atoms with E-state index in [-0.39, 0.29) is 0 Å². The van der Waals surface area contributed by atoms with Crippen molar-refractivity contribution in [3.05, 3.63) is 59.9 Å². The molecule has 1 N–H and O–H groups in total. The minimum atomic E-state index is 0.329. The Labute approximate surface area is 208 Å². The Hall–Kier alpha value is -1.82. The van der Waals surface area contributed by atoms with Gasteiger partial charge in [-0.05, 0) is 113 Å². The minimum Gasteiger partial charge on any atom is -0.325 e. The van der Waals surface area contributed by atoms with Crippen LogP contribution in [0, 0.1) is 6.92 Å². The van der Waals surface area contributed by atoms with Gasteiger partial charge in [-0.1, -0.05) is 24.3 Å². The van der Waals surface area contributed by atoms with E-state index in [1.165, 1.54) is 67.7 Å². The Kier molecular flexibility index (Phi) is 6.21. The molecule has 34 heavy (non-hydrogen) atoms. The number of rotatable bonds is 6. The summed E-state index contributed by atoms with van der Waals surface area (Å²) in [7, 11) is 0. The van der Waals surface area contributed by atoms with Crippen molar-refractivity contribution in [1.29, 1.82) is 0 Å². The zero-order chi connectivity index (χ0) is 23.1. The molecule has 2 bridgehead atoms. The smallest absolute Gasteiger partial charge is 0.106 e. The molecule has 180 valence electrons. The molecule has 4 nitrogen and oxygen atoms in total. The first kappa shape index (κ1) is 22.6. The van der Waals surface area contributed by atoms with Crippen molar-refractivity contribution in [3.8, 4) is 0 Å². The highest BCUT2D eigenvalue weighted by Crippen LogP contribution is 2.44. The molecule has 0 spiro atoms. The van der Waals surface area contributed by atoms with Crippen molar-refractivity contribution in [3.63, 3.8) is 0 Å². The molecular weight excluding hydrogens is 436 g/mol. The number of fused-ring (bicyclic) bond motifs is 3. The Bertz CT molecular complexity index is 1120. The summed E-state index contributed by atoms with van der Waals surface area (Å²) in [4.78, 5) is 9.15. The third-order valence-electron chi connectivity index (χ3n) is 9.11. The molecule has 3 aliphatic heterocycles. The third kappa shape index (κ3) is 4.00. The molecule has 3 aromatic rings. The lowest BCUT2D eigenvalue weighted by molar-refractivity contribution is 0.0929. The molecule has 0 aliphatic carbocycles. The Morgan fingerprint density at radius 2 is 1.68 bits per heavy atom. The average molecular weight is 475 g/mol. The second-order valence-corrected chi connectivity index (χ2v) is 11.7. The predicted molar refractivity (Wildman–Crippen MR) is 143 cm³/mol. The van der Waals surface area contributed by atoms with E-state index in [0.29, 0.717) is 11.5 Å². The number of imidazole rings is 1. The summed E-state index contributed by atoms with van der Waals surface area (Å²) < 4.78 is 2.56. The maximum Gasteiger partial charge on any atom is 0.106 e. The van der Waals surface area contributed by atoms with Crippen LogP contribution < -0.4 is 5.32 Å². The number of piperidine rings is 2. The van der Waals surface area contributed by atoms with Crippen LogP contribution in [0.4, 0.5) is 0 Å². The summed E-state index contributed by atoms with van der Waals surface area (Å²) in [6, 6.07) is 20.2. The van der Waals surface area contributed by atoms with Gasteiger partial charge in [0, 0.05) is 23.0 Å². The van der Waals surface area contributed by atoms with E-state index in [0.717, 1.165) is 30.7 Å². The third-order valence-corrected chi connectivity index (χ3v) is 9.85. The second kappa shape index (κ2) is 9.33. The molecule has 3 aliphatic rings. The fraction of sp³-hybridized carbons (Fsp3) is 0.552. The number of aryl methyl sites for hydroxylation is 1. The molecule has 6 rings (SSSR count). The first-order valence-electron chi connectivity index (χ1n) is 13.2. The highest BCUT2D eigenvalue weighted by molar-refractivity contribution is 7.98. The van der Waals surface area contributed by atoms with Gasteiger partial charge in [0.05, 0.1) is 11.0 Å². The normalized spacial score (nSPS) is 26.8. The molecule has 0 saturated carbocycles. The zero-order valence-electron chi connectivity index (χ0n) is 20.7. The van der Waals surface area contributed by atoms with Crippen molar-refractivity contribution < 1.29 is 0 Å². The summed E-state index contributed by atoms with van der Waals surface area (Å²) in [6.45, 7) is 5.73. The van der Waals surface area contributed by atoms with Gasteiger partial charge in [0.2, 0.25) is 0 Å². The van der Waals surface area contributed by atoms with Crippen molar-refractivity contribution in [1.82, 2.24) is 19.8 Å². The number of hydrogen-bond donors (Lipinski definition) is 1. The molecule has 2 aromatic carbocycles. The van der Waals surface area contributed by atoms with Gasteiger partial charge in [-0.2, -0.15) is 0 Å². The Morgan fingerprint density at radius 3 is 2.38 bits per heavy atom. The van der Waals surface area contributed by atoms with E-state index in [4.69, 9.17) is 4.98 Å². The molecule has 4 heterocycles. The first-order chi connectivity index (χ1) is 16.7. The summed E-state index contributed by atoms with van der Waals surface area (Å²) in [5, 5.41) is 3.61. The first-order valence-corrected chi connectivity index (χ1v) is 14.4. The van der Waals surface area contributed by atoms with Gasteiger partial charge < -0.3 is 9.88 Å². The quantitative estimate of drug-likeness (QED) is 0.448. The lowest BCUT2D eigenvalue weighted by atomic mass is 9.70. The maximum absolute atomic E-state index is 4.87. The lowest BCUT2D eigenvalue weighted by Crippen LogP contribution is -2.47. The fourth-order valence-electron chi connectivity index (χ4n) is 7.32. The lowest BCUT2D eigenvalue weighted by Gasteiger charge is -2.44. The van der Waals surface area contributed by atoms with E-state index >= 15 is 0 Å². The number of aromatic nitrogens is 2. The second-order valence-electron chi connectivity index (χ2n) is 10.8. The Morgan fingerprint density at radius 1 is 0.971 bits per heavy atom. The summed E-state index contributed by atoms with van der Waals surface area (Å²) >= 11 is 1.84. The molecule has 5 heteroatoms. The van der Waals surface area contributed by atoms with Gasteiger partial charge in [0.15, 0.2) is 0 Å². The van der Waals surface area contributed by atoms with Gasteiger partial charge in [0.25, 0.3) is 0 Å².